The molecule has 0 aliphatic carbocycles. The molecule has 3 aromatic rings. The van der Waals surface area contributed by atoms with Crippen LogP contribution >= 0.6 is 0 Å². The van der Waals surface area contributed by atoms with E-state index < -0.39 is 16.3 Å². The number of nitro groups is 1. The summed E-state index contributed by atoms with van der Waals surface area (Å²) in [6, 6.07) is 3.77. The number of pyridine rings is 1. The SMILES string of the molecule is O=C(Nc1nn[nH]n1)c1c[nH]c2ccc([N+](=O)[O-])cc2c1=O. The van der Waals surface area contributed by atoms with Crippen LogP contribution in [0.2, 0.25) is 0 Å². The molecule has 0 atom stereocenters. The molecule has 3 rings (SSSR count). The Kier molecular flexibility index (Phi) is 3.06. The number of aromatic amines is 2. The first-order chi connectivity index (χ1) is 10.6. The van der Waals surface area contributed by atoms with Gasteiger partial charge in [0, 0.05) is 23.8 Å². The third kappa shape index (κ3) is 2.26. The van der Waals surface area contributed by atoms with Crippen molar-refractivity contribution in [1.29, 1.82) is 0 Å². The smallest absolute Gasteiger partial charge is 0.270 e. The molecule has 0 saturated carbocycles. The Labute approximate surface area is 120 Å². The van der Waals surface area contributed by atoms with E-state index in [1.807, 2.05) is 0 Å². The first kappa shape index (κ1) is 13.4. The number of carbonyl (C=O) groups is 1. The number of fused-ring (bicyclic) bond motifs is 1. The zero-order valence-electron chi connectivity index (χ0n) is 10.7. The third-order valence-electron chi connectivity index (χ3n) is 2.89. The molecule has 2 heterocycles. The number of benzene rings is 1. The number of hydrogen-bond acceptors (Lipinski definition) is 7. The van der Waals surface area contributed by atoms with Gasteiger partial charge >= 0.3 is 0 Å². The predicted octanol–water partition coefficient (Wildman–Crippen LogP) is 0.202. The minimum Gasteiger partial charge on any atom is -0.360 e. The molecule has 0 fully saturated rings. The van der Waals surface area contributed by atoms with Crippen LogP contribution in [0.15, 0.2) is 29.2 Å². The lowest BCUT2D eigenvalue weighted by molar-refractivity contribution is -0.384. The summed E-state index contributed by atoms with van der Waals surface area (Å²) in [4.78, 5) is 37.2. The fraction of sp³-hybridized carbons (Fsp3) is 0. The Balaban J connectivity index is 2.07. The number of nitrogens with zero attached hydrogens (tertiary/aromatic N) is 4. The molecule has 0 unspecified atom stereocenters. The fourth-order valence-corrected chi connectivity index (χ4v) is 1.87. The lowest BCUT2D eigenvalue weighted by Gasteiger charge is -2.02. The normalized spacial score (nSPS) is 10.5. The number of nitro benzene ring substituents is 1. The second-order valence-electron chi connectivity index (χ2n) is 4.21. The molecular formula is C11H7N7O4. The van der Waals surface area contributed by atoms with E-state index >= 15 is 0 Å². The van der Waals surface area contributed by atoms with Crippen LogP contribution in [0.3, 0.4) is 0 Å². The molecule has 1 aromatic carbocycles. The number of rotatable bonds is 3. The van der Waals surface area contributed by atoms with Crippen LogP contribution in [0, 0.1) is 10.1 Å². The van der Waals surface area contributed by atoms with Crippen molar-refractivity contribution in [2.75, 3.05) is 5.32 Å². The molecule has 11 nitrogen and oxygen atoms in total. The van der Waals surface area contributed by atoms with Gasteiger partial charge < -0.3 is 4.98 Å². The number of amides is 1. The minimum absolute atomic E-state index is 0.0370. The summed E-state index contributed by atoms with van der Waals surface area (Å²) in [5.74, 6) is -0.848. The highest BCUT2D eigenvalue weighted by Crippen LogP contribution is 2.17. The van der Waals surface area contributed by atoms with Crippen molar-refractivity contribution >= 4 is 28.4 Å². The van der Waals surface area contributed by atoms with Crippen LogP contribution in [0.4, 0.5) is 11.6 Å². The lowest BCUT2D eigenvalue weighted by atomic mass is 10.1. The van der Waals surface area contributed by atoms with Crippen LogP contribution in [-0.2, 0) is 0 Å². The number of aromatic nitrogens is 5. The summed E-state index contributed by atoms with van der Waals surface area (Å²) in [7, 11) is 0. The van der Waals surface area contributed by atoms with Crippen molar-refractivity contribution in [2.24, 2.45) is 0 Å². The van der Waals surface area contributed by atoms with E-state index in [4.69, 9.17) is 0 Å². The number of H-pyrrole nitrogens is 2. The van der Waals surface area contributed by atoms with Crippen molar-refractivity contribution in [3.05, 3.63) is 50.3 Å². The van der Waals surface area contributed by atoms with Gasteiger partial charge in [0.05, 0.1) is 10.3 Å². The van der Waals surface area contributed by atoms with Crippen LogP contribution < -0.4 is 10.7 Å². The quantitative estimate of drug-likeness (QED) is 0.460. The Morgan fingerprint density at radius 2 is 2.18 bits per heavy atom. The summed E-state index contributed by atoms with van der Waals surface area (Å²) in [5.41, 5.74) is -0.725. The molecule has 110 valence electrons. The Bertz CT molecular complexity index is 931. The van der Waals surface area contributed by atoms with Gasteiger partial charge in [-0.3, -0.25) is 25.0 Å². The highest BCUT2D eigenvalue weighted by molar-refractivity contribution is 6.04. The zero-order chi connectivity index (χ0) is 15.7. The molecule has 22 heavy (non-hydrogen) atoms. The molecule has 0 bridgehead atoms. The maximum absolute atomic E-state index is 12.3. The minimum atomic E-state index is -0.754. The Morgan fingerprint density at radius 3 is 2.86 bits per heavy atom. The maximum atomic E-state index is 12.3. The van der Waals surface area contributed by atoms with Crippen LogP contribution in [-0.4, -0.2) is 36.4 Å². The van der Waals surface area contributed by atoms with E-state index in [9.17, 15) is 19.7 Å². The van der Waals surface area contributed by atoms with E-state index in [1.165, 1.54) is 18.3 Å². The standard InChI is InChI=1S/C11H7N7O4/c19-9-6-3-5(18(21)22)1-2-8(6)12-4-7(9)10(20)13-11-14-16-17-15-11/h1-4H,(H,12,19)(H2,13,14,15,16,17,20). The van der Waals surface area contributed by atoms with Gasteiger partial charge in [0.1, 0.15) is 5.56 Å². The number of carbonyl (C=O) groups excluding carboxylic acids is 1. The highest BCUT2D eigenvalue weighted by atomic mass is 16.6. The number of anilines is 1. The predicted molar refractivity (Wildman–Crippen MR) is 73.4 cm³/mol. The molecule has 0 aliphatic rings. The number of non-ortho nitro benzene ring substituents is 1. The van der Waals surface area contributed by atoms with Crippen molar-refractivity contribution in [3.8, 4) is 0 Å². The molecule has 0 aliphatic heterocycles. The topological polar surface area (TPSA) is 160 Å². The number of tetrazole rings is 1. The van der Waals surface area contributed by atoms with Crippen molar-refractivity contribution in [2.45, 2.75) is 0 Å². The van der Waals surface area contributed by atoms with E-state index in [2.05, 4.69) is 30.9 Å². The second kappa shape index (κ2) is 5.05. The highest BCUT2D eigenvalue weighted by Gasteiger charge is 2.16. The third-order valence-corrected chi connectivity index (χ3v) is 2.89. The van der Waals surface area contributed by atoms with Gasteiger partial charge in [0.2, 0.25) is 5.43 Å². The van der Waals surface area contributed by atoms with E-state index in [-0.39, 0.29) is 22.6 Å². The summed E-state index contributed by atoms with van der Waals surface area (Å²) in [6.45, 7) is 0. The van der Waals surface area contributed by atoms with Crippen molar-refractivity contribution < 1.29 is 9.72 Å². The molecule has 2 aromatic heterocycles. The van der Waals surface area contributed by atoms with Gasteiger partial charge in [-0.15, -0.1) is 5.10 Å². The van der Waals surface area contributed by atoms with Crippen LogP contribution in [0.25, 0.3) is 10.9 Å². The Morgan fingerprint density at radius 1 is 1.36 bits per heavy atom. The number of nitrogens with one attached hydrogen (secondary N) is 3. The van der Waals surface area contributed by atoms with Gasteiger partial charge in [-0.2, -0.15) is 5.21 Å². The van der Waals surface area contributed by atoms with E-state index in [0.29, 0.717) is 5.52 Å². The first-order valence-corrected chi connectivity index (χ1v) is 5.91. The first-order valence-electron chi connectivity index (χ1n) is 5.91. The maximum Gasteiger partial charge on any atom is 0.270 e. The summed E-state index contributed by atoms with van der Waals surface area (Å²) in [6.07, 6.45) is 1.21. The molecule has 0 spiro atoms. The monoisotopic (exact) mass is 301 g/mol. The lowest BCUT2D eigenvalue weighted by Crippen LogP contribution is -2.22. The number of hydrogen-bond donors (Lipinski definition) is 3. The summed E-state index contributed by atoms with van der Waals surface area (Å²) < 4.78 is 0. The average Bonchev–Trinajstić information content (AvgIpc) is 3.00. The fourth-order valence-electron chi connectivity index (χ4n) is 1.87. The van der Waals surface area contributed by atoms with E-state index in [0.717, 1.165) is 6.07 Å². The summed E-state index contributed by atoms with van der Waals surface area (Å²) in [5, 5.41) is 25.5. The van der Waals surface area contributed by atoms with Crippen LogP contribution in [0.1, 0.15) is 10.4 Å². The second-order valence-corrected chi connectivity index (χ2v) is 4.21. The van der Waals surface area contributed by atoms with Gasteiger partial charge in [0.25, 0.3) is 17.5 Å². The molecule has 11 heteroatoms. The zero-order valence-corrected chi connectivity index (χ0v) is 10.7. The van der Waals surface area contributed by atoms with Gasteiger partial charge in [-0.1, -0.05) is 5.10 Å². The van der Waals surface area contributed by atoms with Crippen LogP contribution in [0.5, 0.6) is 0 Å². The average molecular weight is 301 g/mol. The molecule has 0 saturated heterocycles. The largest absolute Gasteiger partial charge is 0.360 e. The molecule has 3 N–H and O–H groups in total. The van der Waals surface area contributed by atoms with Gasteiger partial charge in [-0.05, 0) is 11.3 Å². The molecule has 0 radical (unpaired) electrons. The Hall–Kier alpha value is -3.63. The molecular weight excluding hydrogens is 294 g/mol. The van der Waals surface area contributed by atoms with Crippen molar-refractivity contribution in [1.82, 2.24) is 25.6 Å². The molecule has 1 amide bonds. The van der Waals surface area contributed by atoms with Gasteiger partial charge in [0.15, 0.2) is 0 Å². The van der Waals surface area contributed by atoms with E-state index in [1.54, 1.807) is 0 Å². The van der Waals surface area contributed by atoms with Crippen molar-refractivity contribution in [3.63, 3.8) is 0 Å². The van der Waals surface area contributed by atoms with Gasteiger partial charge in [-0.25, -0.2) is 0 Å². The summed E-state index contributed by atoms with van der Waals surface area (Å²) >= 11 is 0.